The summed E-state index contributed by atoms with van der Waals surface area (Å²) in [5.74, 6) is 0.509. The van der Waals surface area contributed by atoms with Gasteiger partial charge in [-0.1, -0.05) is 35.5 Å². The zero-order chi connectivity index (χ0) is 22.9. The summed E-state index contributed by atoms with van der Waals surface area (Å²) in [4.78, 5) is 12.3. The summed E-state index contributed by atoms with van der Waals surface area (Å²) in [7, 11) is -3.71. The van der Waals surface area contributed by atoms with Crippen LogP contribution in [-0.4, -0.2) is 19.5 Å². The van der Waals surface area contributed by atoms with Crippen LogP contribution in [0.25, 0.3) is 12.2 Å². The standard InChI is InChI=1S/C24H25N3O4S/c1-15-5-4-6-21(16(15)2)27-32(29,30)20-12-7-18(8-13-20)9-14-22-23(17(3)26-31-22)25-24(28)19-10-11-19/h4-9,12-14,19,27H,10-11H2,1-3H3,(H,25,28). The van der Waals surface area contributed by atoms with Gasteiger partial charge in [0.1, 0.15) is 11.4 Å². The average molecular weight is 452 g/mol. The number of benzene rings is 2. The molecule has 1 fully saturated rings. The van der Waals surface area contributed by atoms with Gasteiger partial charge >= 0.3 is 0 Å². The fraction of sp³-hybridized carbons (Fsp3) is 0.250. The van der Waals surface area contributed by atoms with Crippen molar-refractivity contribution in [3.05, 3.63) is 70.6 Å². The Labute approximate surface area is 187 Å². The van der Waals surface area contributed by atoms with Crippen molar-refractivity contribution >= 4 is 39.5 Å². The molecule has 0 aliphatic heterocycles. The lowest BCUT2D eigenvalue weighted by Gasteiger charge is -2.12. The second kappa shape index (κ2) is 8.63. The van der Waals surface area contributed by atoms with Gasteiger partial charge in [-0.05, 0) is 74.6 Å². The van der Waals surface area contributed by atoms with Crippen LogP contribution in [0.2, 0.25) is 0 Å². The van der Waals surface area contributed by atoms with Crippen LogP contribution in [0.5, 0.6) is 0 Å². The quantitative estimate of drug-likeness (QED) is 0.531. The van der Waals surface area contributed by atoms with E-state index < -0.39 is 10.0 Å². The molecule has 3 aromatic rings. The molecule has 0 unspecified atom stereocenters. The number of aromatic nitrogens is 1. The summed E-state index contributed by atoms with van der Waals surface area (Å²) in [5, 5.41) is 6.82. The van der Waals surface area contributed by atoms with Gasteiger partial charge in [0, 0.05) is 5.92 Å². The number of sulfonamides is 1. The molecule has 8 heteroatoms. The van der Waals surface area contributed by atoms with Gasteiger partial charge in [-0.2, -0.15) is 0 Å². The first-order valence-corrected chi connectivity index (χ1v) is 11.9. The zero-order valence-corrected chi connectivity index (χ0v) is 19.0. The van der Waals surface area contributed by atoms with Crippen LogP contribution >= 0.6 is 0 Å². The Morgan fingerprint density at radius 2 is 1.78 bits per heavy atom. The minimum absolute atomic E-state index is 0.0168. The number of anilines is 2. The van der Waals surface area contributed by atoms with Crippen molar-refractivity contribution in [2.24, 2.45) is 5.92 Å². The van der Waals surface area contributed by atoms with E-state index in [4.69, 9.17) is 4.52 Å². The molecule has 1 aromatic heterocycles. The molecule has 0 radical (unpaired) electrons. The number of nitrogens with zero attached hydrogens (tertiary/aromatic N) is 1. The molecule has 32 heavy (non-hydrogen) atoms. The summed E-state index contributed by atoms with van der Waals surface area (Å²) in [5.41, 5.74) is 4.43. The number of aryl methyl sites for hydroxylation is 2. The number of rotatable bonds is 7. The van der Waals surface area contributed by atoms with Gasteiger partial charge in [0.2, 0.25) is 5.91 Å². The van der Waals surface area contributed by atoms with Gasteiger partial charge in [0.15, 0.2) is 5.76 Å². The van der Waals surface area contributed by atoms with E-state index >= 15 is 0 Å². The molecule has 0 bridgehead atoms. The monoisotopic (exact) mass is 451 g/mol. The first-order valence-electron chi connectivity index (χ1n) is 10.4. The second-order valence-corrected chi connectivity index (χ2v) is 9.71. The lowest BCUT2D eigenvalue weighted by molar-refractivity contribution is -0.117. The summed E-state index contributed by atoms with van der Waals surface area (Å²) >= 11 is 0. The molecule has 7 nitrogen and oxygen atoms in total. The number of carbonyl (C=O) groups excluding carboxylic acids is 1. The molecule has 1 aliphatic carbocycles. The summed E-state index contributed by atoms with van der Waals surface area (Å²) in [6.07, 6.45) is 5.31. The highest BCUT2D eigenvalue weighted by Crippen LogP contribution is 2.32. The minimum Gasteiger partial charge on any atom is -0.354 e. The third-order valence-electron chi connectivity index (χ3n) is 5.55. The van der Waals surface area contributed by atoms with E-state index in [1.54, 1.807) is 49.4 Å². The fourth-order valence-corrected chi connectivity index (χ4v) is 4.34. The predicted octanol–water partition coefficient (Wildman–Crippen LogP) is 4.92. The van der Waals surface area contributed by atoms with Gasteiger partial charge in [-0.3, -0.25) is 9.52 Å². The largest absolute Gasteiger partial charge is 0.354 e. The van der Waals surface area contributed by atoms with Crippen molar-refractivity contribution < 1.29 is 17.7 Å². The van der Waals surface area contributed by atoms with Crippen molar-refractivity contribution in [1.29, 1.82) is 0 Å². The molecule has 166 valence electrons. The van der Waals surface area contributed by atoms with E-state index in [1.165, 1.54) is 0 Å². The van der Waals surface area contributed by atoms with Crippen LogP contribution in [0, 0.1) is 26.7 Å². The molecule has 0 atom stereocenters. The minimum atomic E-state index is -3.71. The van der Waals surface area contributed by atoms with Gasteiger partial charge in [0.25, 0.3) is 10.0 Å². The molecule has 0 spiro atoms. The number of nitrogens with one attached hydrogen (secondary N) is 2. The Balaban J connectivity index is 1.49. The van der Waals surface area contributed by atoms with Crippen molar-refractivity contribution in [3.63, 3.8) is 0 Å². The second-order valence-electron chi connectivity index (χ2n) is 8.03. The summed E-state index contributed by atoms with van der Waals surface area (Å²) in [6.45, 7) is 5.59. The first-order chi connectivity index (χ1) is 15.2. The van der Waals surface area contributed by atoms with Crippen molar-refractivity contribution in [2.45, 2.75) is 38.5 Å². The predicted molar refractivity (Wildman–Crippen MR) is 125 cm³/mol. The van der Waals surface area contributed by atoms with Crippen molar-refractivity contribution in [2.75, 3.05) is 10.0 Å². The smallest absolute Gasteiger partial charge is 0.261 e. The van der Waals surface area contributed by atoms with Gasteiger partial charge in [-0.25, -0.2) is 8.42 Å². The Morgan fingerprint density at radius 3 is 2.47 bits per heavy atom. The van der Waals surface area contributed by atoms with Crippen LogP contribution < -0.4 is 10.0 Å². The summed E-state index contributed by atoms with van der Waals surface area (Å²) in [6, 6.07) is 12.0. The average Bonchev–Trinajstić information content (AvgIpc) is 3.56. The maximum Gasteiger partial charge on any atom is 0.261 e. The van der Waals surface area contributed by atoms with Crippen LogP contribution in [-0.2, 0) is 14.8 Å². The number of amides is 1. The third kappa shape index (κ3) is 4.75. The zero-order valence-electron chi connectivity index (χ0n) is 18.2. The first kappa shape index (κ1) is 21.8. The summed E-state index contributed by atoms with van der Waals surface area (Å²) < 4.78 is 33.5. The number of hydrogen-bond acceptors (Lipinski definition) is 5. The fourth-order valence-electron chi connectivity index (χ4n) is 3.22. The van der Waals surface area contributed by atoms with E-state index in [2.05, 4.69) is 15.2 Å². The topological polar surface area (TPSA) is 101 Å². The Morgan fingerprint density at radius 1 is 1.06 bits per heavy atom. The molecule has 4 rings (SSSR count). The highest BCUT2D eigenvalue weighted by molar-refractivity contribution is 7.92. The molecule has 1 heterocycles. The van der Waals surface area contributed by atoms with E-state index in [9.17, 15) is 13.2 Å². The lowest BCUT2D eigenvalue weighted by atomic mass is 10.1. The Kier molecular flexibility index (Phi) is 5.88. The molecule has 1 amide bonds. The van der Waals surface area contributed by atoms with E-state index in [0.29, 0.717) is 22.8 Å². The highest BCUT2D eigenvalue weighted by Gasteiger charge is 2.30. The number of carbonyl (C=O) groups is 1. The lowest BCUT2D eigenvalue weighted by Crippen LogP contribution is -2.14. The molecule has 1 saturated carbocycles. The molecule has 2 N–H and O–H groups in total. The van der Waals surface area contributed by atoms with Crippen LogP contribution in [0.3, 0.4) is 0 Å². The molecular formula is C24H25N3O4S. The normalized spacial score (nSPS) is 14.0. The number of hydrogen-bond donors (Lipinski definition) is 2. The maximum absolute atomic E-state index is 12.8. The van der Waals surface area contributed by atoms with Crippen molar-refractivity contribution in [3.8, 4) is 0 Å². The van der Waals surface area contributed by atoms with Crippen molar-refractivity contribution in [1.82, 2.24) is 5.16 Å². The Bertz CT molecular complexity index is 1290. The third-order valence-corrected chi connectivity index (χ3v) is 6.93. The molecule has 0 saturated heterocycles. The van der Waals surface area contributed by atoms with Crippen LogP contribution in [0.4, 0.5) is 11.4 Å². The van der Waals surface area contributed by atoms with Gasteiger partial charge in [0.05, 0.1) is 10.6 Å². The molecular weight excluding hydrogens is 426 g/mol. The van der Waals surface area contributed by atoms with E-state index in [1.807, 2.05) is 26.0 Å². The Hall–Kier alpha value is -3.39. The van der Waals surface area contributed by atoms with Crippen LogP contribution in [0.15, 0.2) is 51.9 Å². The highest BCUT2D eigenvalue weighted by atomic mass is 32.2. The van der Waals surface area contributed by atoms with E-state index in [0.717, 1.165) is 29.5 Å². The molecule has 1 aliphatic rings. The van der Waals surface area contributed by atoms with Gasteiger partial charge < -0.3 is 9.84 Å². The van der Waals surface area contributed by atoms with Crippen LogP contribution in [0.1, 0.15) is 41.0 Å². The van der Waals surface area contributed by atoms with E-state index in [-0.39, 0.29) is 16.7 Å². The SMILES string of the molecule is Cc1cccc(NS(=O)(=O)c2ccc(C=Cc3onc(C)c3NC(=O)C3CC3)cc2)c1C. The molecule has 2 aromatic carbocycles. The maximum atomic E-state index is 12.8. The van der Waals surface area contributed by atoms with Gasteiger partial charge in [-0.15, -0.1) is 0 Å².